The Labute approximate surface area is 139 Å². The molecule has 0 spiro atoms. The van der Waals surface area contributed by atoms with Crippen molar-refractivity contribution in [3.8, 4) is 0 Å². The standard InChI is InChI=1S/C16H22BrNO4/c1-15(2,3)22-14(20)16(18,9-10-17)13(19)21-11-12-7-5-4-6-8-12/h4-8H,9-11,18H2,1-3H3. The molecule has 0 radical (unpaired) electrons. The number of benzene rings is 1. The van der Waals surface area contributed by atoms with Crippen molar-refractivity contribution in [2.45, 2.75) is 44.9 Å². The fraction of sp³-hybridized carbons (Fsp3) is 0.500. The largest absolute Gasteiger partial charge is 0.459 e. The van der Waals surface area contributed by atoms with Gasteiger partial charge < -0.3 is 15.2 Å². The van der Waals surface area contributed by atoms with Crippen LogP contribution < -0.4 is 5.73 Å². The van der Waals surface area contributed by atoms with Gasteiger partial charge in [-0.1, -0.05) is 46.3 Å². The minimum atomic E-state index is -1.81. The minimum Gasteiger partial charge on any atom is -0.459 e. The number of halogens is 1. The molecule has 0 amide bonds. The van der Waals surface area contributed by atoms with Crippen LogP contribution in [0.1, 0.15) is 32.8 Å². The van der Waals surface area contributed by atoms with E-state index >= 15 is 0 Å². The van der Waals surface area contributed by atoms with Crippen LogP contribution in [0.15, 0.2) is 30.3 Å². The van der Waals surface area contributed by atoms with E-state index < -0.39 is 23.1 Å². The molecule has 0 bridgehead atoms. The van der Waals surface area contributed by atoms with Gasteiger partial charge >= 0.3 is 11.9 Å². The molecule has 0 aliphatic heterocycles. The van der Waals surface area contributed by atoms with Gasteiger partial charge in [0.2, 0.25) is 5.54 Å². The van der Waals surface area contributed by atoms with Gasteiger partial charge in [-0.2, -0.15) is 0 Å². The lowest BCUT2D eigenvalue weighted by molar-refractivity contribution is -0.172. The lowest BCUT2D eigenvalue weighted by Gasteiger charge is -2.29. The van der Waals surface area contributed by atoms with Crippen LogP contribution in [-0.2, 0) is 25.7 Å². The zero-order valence-corrected chi connectivity index (χ0v) is 14.7. The first kappa shape index (κ1) is 18.6. The van der Waals surface area contributed by atoms with Gasteiger partial charge in [-0.3, -0.25) is 0 Å². The van der Waals surface area contributed by atoms with Gasteiger partial charge in [-0.15, -0.1) is 0 Å². The number of hydrogen-bond donors (Lipinski definition) is 1. The van der Waals surface area contributed by atoms with Crippen LogP contribution in [-0.4, -0.2) is 28.4 Å². The normalized spacial score (nSPS) is 14.0. The summed E-state index contributed by atoms with van der Waals surface area (Å²) in [5.41, 5.74) is 4.27. The highest BCUT2D eigenvalue weighted by Gasteiger charge is 2.46. The van der Waals surface area contributed by atoms with Crippen molar-refractivity contribution in [3.63, 3.8) is 0 Å². The molecule has 6 heteroatoms. The number of nitrogens with two attached hydrogens (primary N) is 1. The Hall–Kier alpha value is -1.40. The molecule has 0 aliphatic rings. The zero-order valence-electron chi connectivity index (χ0n) is 13.1. The molecule has 22 heavy (non-hydrogen) atoms. The van der Waals surface area contributed by atoms with E-state index in [0.717, 1.165) is 5.56 Å². The van der Waals surface area contributed by atoms with Crippen LogP contribution in [0.4, 0.5) is 0 Å². The Morgan fingerprint density at radius 3 is 2.23 bits per heavy atom. The lowest BCUT2D eigenvalue weighted by atomic mass is 9.97. The number of carbonyl (C=O) groups excluding carboxylic acids is 2. The summed E-state index contributed by atoms with van der Waals surface area (Å²) in [6, 6.07) is 9.19. The number of esters is 2. The lowest BCUT2D eigenvalue weighted by Crippen LogP contribution is -2.58. The average molecular weight is 372 g/mol. The van der Waals surface area contributed by atoms with E-state index in [4.69, 9.17) is 15.2 Å². The third-order valence-electron chi connectivity index (χ3n) is 2.83. The van der Waals surface area contributed by atoms with E-state index in [1.165, 1.54) is 0 Å². The molecule has 0 aliphatic carbocycles. The first-order chi connectivity index (χ1) is 10.2. The van der Waals surface area contributed by atoms with E-state index in [2.05, 4.69) is 15.9 Å². The van der Waals surface area contributed by atoms with Crippen molar-refractivity contribution < 1.29 is 19.1 Å². The Morgan fingerprint density at radius 2 is 1.73 bits per heavy atom. The van der Waals surface area contributed by atoms with Gasteiger partial charge in [-0.25, -0.2) is 9.59 Å². The molecule has 0 aromatic heterocycles. The highest BCUT2D eigenvalue weighted by atomic mass is 79.9. The molecule has 1 unspecified atom stereocenters. The maximum absolute atomic E-state index is 12.3. The van der Waals surface area contributed by atoms with Gasteiger partial charge in [0.15, 0.2) is 0 Å². The van der Waals surface area contributed by atoms with E-state index in [9.17, 15) is 9.59 Å². The van der Waals surface area contributed by atoms with Gasteiger partial charge in [0, 0.05) is 5.33 Å². The van der Waals surface area contributed by atoms with Crippen LogP contribution in [0.3, 0.4) is 0 Å². The molecule has 5 nitrogen and oxygen atoms in total. The maximum Gasteiger partial charge on any atom is 0.338 e. The van der Waals surface area contributed by atoms with E-state index in [-0.39, 0.29) is 13.0 Å². The van der Waals surface area contributed by atoms with Crippen LogP contribution >= 0.6 is 15.9 Å². The summed E-state index contributed by atoms with van der Waals surface area (Å²) >= 11 is 3.20. The van der Waals surface area contributed by atoms with Crippen molar-refractivity contribution in [1.29, 1.82) is 0 Å². The molecule has 1 aromatic rings. The minimum absolute atomic E-state index is 0.0592. The third-order valence-corrected chi connectivity index (χ3v) is 3.23. The predicted octanol–water partition coefficient (Wildman–Crippen LogP) is 2.55. The van der Waals surface area contributed by atoms with Gasteiger partial charge in [0.1, 0.15) is 12.2 Å². The number of rotatable bonds is 6. The zero-order chi connectivity index (χ0) is 16.8. The second-order valence-electron chi connectivity index (χ2n) is 5.97. The Kier molecular flexibility index (Phi) is 6.56. The molecule has 0 heterocycles. The SMILES string of the molecule is CC(C)(C)OC(=O)C(N)(CCBr)C(=O)OCc1ccccc1. The van der Waals surface area contributed by atoms with Gasteiger partial charge in [0.25, 0.3) is 0 Å². The quantitative estimate of drug-likeness (QED) is 0.472. The number of ether oxygens (including phenoxy) is 2. The highest BCUT2D eigenvalue weighted by Crippen LogP contribution is 2.19. The number of carbonyl (C=O) groups is 2. The van der Waals surface area contributed by atoms with Crippen molar-refractivity contribution >= 4 is 27.9 Å². The van der Waals surface area contributed by atoms with Crippen LogP contribution in [0, 0.1) is 0 Å². The molecule has 1 rings (SSSR count). The molecule has 122 valence electrons. The molecule has 1 atom stereocenters. The monoisotopic (exact) mass is 371 g/mol. The van der Waals surface area contributed by atoms with E-state index in [1.54, 1.807) is 20.8 Å². The van der Waals surface area contributed by atoms with Crippen LogP contribution in [0.5, 0.6) is 0 Å². The summed E-state index contributed by atoms with van der Waals surface area (Å²) < 4.78 is 10.4. The molecule has 0 saturated heterocycles. The van der Waals surface area contributed by atoms with Crippen molar-refractivity contribution in [2.24, 2.45) is 5.73 Å². The summed E-state index contributed by atoms with van der Waals surface area (Å²) in [4.78, 5) is 24.5. The Morgan fingerprint density at radius 1 is 1.14 bits per heavy atom. The van der Waals surface area contributed by atoms with Crippen molar-refractivity contribution in [1.82, 2.24) is 0 Å². The summed E-state index contributed by atoms with van der Waals surface area (Å²) in [7, 11) is 0. The Balaban J connectivity index is 2.79. The average Bonchev–Trinajstić information content (AvgIpc) is 2.44. The second-order valence-corrected chi connectivity index (χ2v) is 6.77. The first-order valence-corrected chi connectivity index (χ1v) is 8.10. The first-order valence-electron chi connectivity index (χ1n) is 6.98. The molecule has 0 fully saturated rings. The third kappa shape index (κ3) is 5.42. The van der Waals surface area contributed by atoms with Gasteiger partial charge in [0.05, 0.1) is 0 Å². The number of hydrogen-bond acceptors (Lipinski definition) is 5. The Bertz CT molecular complexity index is 513. The molecular weight excluding hydrogens is 350 g/mol. The topological polar surface area (TPSA) is 78.6 Å². The molecular formula is C16H22BrNO4. The highest BCUT2D eigenvalue weighted by molar-refractivity contribution is 9.09. The maximum atomic E-state index is 12.3. The van der Waals surface area contributed by atoms with Crippen LogP contribution in [0.2, 0.25) is 0 Å². The van der Waals surface area contributed by atoms with Crippen molar-refractivity contribution in [3.05, 3.63) is 35.9 Å². The fourth-order valence-electron chi connectivity index (χ4n) is 1.66. The van der Waals surface area contributed by atoms with Gasteiger partial charge in [-0.05, 0) is 32.8 Å². The summed E-state index contributed by atoms with van der Waals surface area (Å²) in [6.07, 6.45) is 0.0928. The van der Waals surface area contributed by atoms with E-state index in [0.29, 0.717) is 5.33 Å². The van der Waals surface area contributed by atoms with Crippen molar-refractivity contribution in [2.75, 3.05) is 5.33 Å². The smallest absolute Gasteiger partial charge is 0.338 e. The fourth-order valence-corrected chi connectivity index (χ4v) is 2.28. The second kappa shape index (κ2) is 7.74. The number of alkyl halides is 1. The molecule has 1 aromatic carbocycles. The predicted molar refractivity (Wildman–Crippen MR) is 87.4 cm³/mol. The summed E-state index contributed by atoms with van der Waals surface area (Å²) in [5, 5.41) is 0.378. The summed E-state index contributed by atoms with van der Waals surface area (Å²) in [6.45, 7) is 5.21. The molecule has 2 N–H and O–H groups in total. The summed E-state index contributed by atoms with van der Waals surface area (Å²) in [5.74, 6) is -1.57. The van der Waals surface area contributed by atoms with Crippen LogP contribution in [0.25, 0.3) is 0 Å². The van der Waals surface area contributed by atoms with E-state index in [1.807, 2.05) is 30.3 Å². The molecule has 0 saturated carbocycles.